The van der Waals surface area contributed by atoms with E-state index in [-0.39, 0.29) is 6.15 Å². The maximum atomic E-state index is 11.7. The fourth-order valence-corrected chi connectivity index (χ4v) is 4.26. The van der Waals surface area contributed by atoms with Crippen molar-refractivity contribution in [3.05, 3.63) is 99.1 Å². The average Bonchev–Trinajstić information content (AvgIpc) is 2.78. The first-order valence-electron chi connectivity index (χ1n) is 11.2. The van der Waals surface area contributed by atoms with Crippen molar-refractivity contribution in [2.75, 3.05) is 0 Å². The van der Waals surface area contributed by atoms with Gasteiger partial charge in [0, 0.05) is 0 Å². The lowest BCUT2D eigenvalue weighted by Crippen LogP contribution is -2.12. The Morgan fingerprint density at radius 1 is 0.848 bits per heavy atom. The van der Waals surface area contributed by atoms with Gasteiger partial charge in [-0.1, -0.05) is 57.2 Å². The van der Waals surface area contributed by atoms with Gasteiger partial charge < -0.3 is 16.1 Å². The number of carbonyl (C=O) groups is 1. The standard InChI is InChI=1S/C20H24O2.C8H11NO.H3N/c1-4-15-13-19(20(21)22)18(17(6-3)16(15)5-2)12-14-10-8-7-9-11-14;1-6-3-7(2)5-8(4-6)10-9;/h7-11,13H,4-6,12H2,1-3H3,(H,21,22);3-5H,9H2,1-2H3;1H3. The Kier molecular flexibility index (Phi) is 11.3. The van der Waals surface area contributed by atoms with Crippen LogP contribution >= 0.6 is 0 Å². The third kappa shape index (κ3) is 7.45. The van der Waals surface area contributed by atoms with Crippen LogP contribution in [0.15, 0.2) is 54.6 Å². The van der Waals surface area contributed by atoms with E-state index in [0.717, 1.165) is 36.1 Å². The second-order valence-electron chi connectivity index (χ2n) is 7.99. The molecule has 0 heterocycles. The smallest absolute Gasteiger partial charge is 0.335 e. The van der Waals surface area contributed by atoms with E-state index in [4.69, 9.17) is 5.90 Å². The van der Waals surface area contributed by atoms with Crippen LogP contribution in [-0.2, 0) is 25.7 Å². The van der Waals surface area contributed by atoms with Crippen LogP contribution in [0, 0.1) is 13.8 Å². The summed E-state index contributed by atoms with van der Waals surface area (Å²) < 4.78 is 0. The highest BCUT2D eigenvalue weighted by Crippen LogP contribution is 2.28. The molecule has 0 unspecified atom stereocenters. The minimum atomic E-state index is -0.821. The van der Waals surface area contributed by atoms with Crippen molar-refractivity contribution >= 4 is 5.97 Å². The predicted molar refractivity (Wildman–Crippen MR) is 137 cm³/mol. The topological polar surface area (TPSA) is 108 Å². The van der Waals surface area contributed by atoms with Crippen LogP contribution < -0.4 is 16.9 Å². The zero-order chi connectivity index (χ0) is 23.7. The summed E-state index contributed by atoms with van der Waals surface area (Å²) in [5.41, 5.74) is 8.68. The van der Waals surface area contributed by atoms with Crippen molar-refractivity contribution < 1.29 is 14.7 Å². The zero-order valence-corrected chi connectivity index (χ0v) is 20.6. The second-order valence-corrected chi connectivity index (χ2v) is 7.99. The maximum Gasteiger partial charge on any atom is 0.335 e. The second kappa shape index (κ2) is 13.4. The van der Waals surface area contributed by atoms with E-state index >= 15 is 0 Å². The van der Waals surface area contributed by atoms with Gasteiger partial charge in [-0.15, -0.1) is 0 Å². The van der Waals surface area contributed by atoms with Crippen molar-refractivity contribution in [2.24, 2.45) is 5.90 Å². The monoisotopic (exact) mass is 450 g/mol. The number of aryl methyl sites for hydroxylation is 3. The van der Waals surface area contributed by atoms with E-state index in [1.807, 2.05) is 50.2 Å². The van der Waals surface area contributed by atoms with Gasteiger partial charge in [-0.05, 0) is 96.7 Å². The van der Waals surface area contributed by atoms with Crippen LogP contribution in [0.25, 0.3) is 0 Å². The predicted octanol–water partition coefficient (Wildman–Crippen LogP) is 6.38. The molecular weight excluding hydrogens is 412 g/mol. The third-order valence-corrected chi connectivity index (χ3v) is 5.63. The highest BCUT2D eigenvalue weighted by molar-refractivity contribution is 5.90. The first-order chi connectivity index (χ1) is 15.3. The van der Waals surface area contributed by atoms with Gasteiger partial charge in [0.15, 0.2) is 0 Å². The molecule has 0 spiro atoms. The summed E-state index contributed by atoms with van der Waals surface area (Å²) in [5.74, 6) is 4.89. The molecule has 33 heavy (non-hydrogen) atoms. The van der Waals surface area contributed by atoms with Crippen LogP contribution in [0.2, 0.25) is 0 Å². The van der Waals surface area contributed by atoms with Crippen LogP contribution in [0.1, 0.15) is 70.1 Å². The SMILES string of the molecule is CCc1cc(C(=O)O)c(Cc2ccccc2)c(CC)c1CC.Cc1cc(C)cc(ON)c1.N. The Hall–Kier alpha value is -3.15. The van der Waals surface area contributed by atoms with Crippen LogP contribution in [0.4, 0.5) is 0 Å². The summed E-state index contributed by atoms with van der Waals surface area (Å²) in [7, 11) is 0. The van der Waals surface area contributed by atoms with Crippen LogP contribution in [-0.4, -0.2) is 11.1 Å². The number of carboxylic acids is 1. The van der Waals surface area contributed by atoms with Gasteiger partial charge in [-0.3, -0.25) is 0 Å². The molecule has 6 N–H and O–H groups in total. The fourth-order valence-electron chi connectivity index (χ4n) is 4.26. The lowest BCUT2D eigenvalue weighted by Gasteiger charge is -2.19. The highest BCUT2D eigenvalue weighted by Gasteiger charge is 2.19. The number of carboxylic acid groups (broad SMARTS) is 1. The van der Waals surface area contributed by atoms with Gasteiger partial charge in [0.05, 0.1) is 5.56 Å². The molecule has 3 aromatic carbocycles. The molecule has 5 nitrogen and oxygen atoms in total. The summed E-state index contributed by atoms with van der Waals surface area (Å²) in [6.07, 6.45) is 3.39. The van der Waals surface area contributed by atoms with Crippen molar-refractivity contribution in [3.8, 4) is 5.75 Å². The van der Waals surface area contributed by atoms with Gasteiger partial charge >= 0.3 is 5.97 Å². The molecule has 0 fully saturated rings. The minimum absolute atomic E-state index is 0. The Morgan fingerprint density at radius 3 is 1.88 bits per heavy atom. The van der Waals surface area contributed by atoms with Crippen molar-refractivity contribution in [2.45, 2.75) is 60.3 Å². The van der Waals surface area contributed by atoms with Crippen LogP contribution in [0.3, 0.4) is 0 Å². The summed E-state index contributed by atoms with van der Waals surface area (Å²) in [5, 5.41) is 9.65. The van der Waals surface area contributed by atoms with E-state index in [2.05, 4.69) is 43.8 Å². The van der Waals surface area contributed by atoms with Gasteiger partial charge in [-0.2, -0.15) is 5.90 Å². The Labute approximate surface area is 198 Å². The molecule has 5 heteroatoms. The molecule has 3 aromatic rings. The first-order valence-corrected chi connectivity index (χ1v) is 11.2. The Balaban J connectivity index is 0.000000417. The van der Waals surface area contributed by atoms with E-state index in [1.54, 1.807) is 0 Å². The van der Waals surface area contributed by atoms with Gasteiger partial charge in [-0.25, -0.2) is 4.79 Å². The molecule has 0 saturated heterocycles. The van der Waals surface area contributed by atoms with Crippen LogP contribution in [0.5, 0.6) is 5.75 Å². The molecule has 3 rings (SSSR count). The molecule has 0 saturated carbocycles. The number of benzene rings is 3. The van der Waals surface area contributed by atoms with Crippen molar-refractivity contribution in [3.63, 3.8) is 0 Å². The molecule has 0 atom stereocenters. The zero-order valence-electron chi connectivity index (χ0n) is 20.6. The number of nitrogens with two attached hydrogens (primary N) is 1. The summed E-state index contributed by atoms with van der Waals surface area (Å²) >= 11 is 0. The largest absolute Gasteiger partial charge is 0.478 e. The maximum absolute atomic E-state index is 11.7. The normalized spacial score (nSPS) is 10.0. The fraction of sp³-hybridized carbons (Fsp3) is 0.321. The molecule has 178 valence electrons. The summed E-state index contributed by atoms with van der Waals surface area (Å²) in [6, 6.07) is 17.9. The minimum Gasteiger partial charge on any atom is -0.478 e. The molecule has 0 bridgehead atoms. The lowest BCUT2D eigenvalue weighted by molar-refractivity contribution is 0.0695. The van der Waals surface area contributed by atoms with E-state index < -0.39 is 5.97 Å². The number of aromatic carboxylic acids is 1. The third-order valence-electron chi connectivity index (χ3n) is 5.63. The number of rotatable bonds is 7. The molecule has 0 aromatic heterocycles. The number of hydrogen-bond donors (Lipinski definition) is 3. The average molecular weight is 451 g/mol. The van der Waals surface area contributed by atoms with E-state index in [9.17, 15) is 9.90 Å². The molecule has 0 aliphatic heterocycles. The van der Waals surface area contributed by atoms with Crippen molar-refractivity contribution in [1.82, 2.24) is 6.15 Å². The molecule has 0 aliphatic carbocycles. The Bertz CT molecular complexity index is 1030. The molecular formula is C28H38N2O3. The lowest BCUT2D eigenvalue weighted by atomic mass is 9.85. The molecule has 0 amide bonds. The summed E-state index contributed by atoms with van der Waals surface area (Å²) in [6.45, 7) is 10.4. The molecule has 0 radical (unpaired) electrons. The summed E-state index contributed by atoms with van der Waals surface area (Å²) in [4.78, 5) is 16.3. The van der Waals surface area contributed by atoms with Gasteiger partial charge in [0.2, 0.25) is 0 Å². The first kappa shape index (κ1) is 27.9. The van der Waals surface area contributed by atoms with Gasteiger partial charge in [0.25, 0.3) is 0 Å². The van der Waals surface area contributed by atoms with Crippen molar-refractivity contribution in [1.29, 1.82) is 0 Å². The van der Waals surface area contributed by atoms with E-state index in [0.29, 0.717) is 12.0 Å². The quantitative estimate of drug-likeness (QED) is 0.362. The van der Waals surface area contributed by atoms with E-state index in [1.165, 1.54) is 27.8 Å². The Morgan fingerprint density at radius 2 is 1.42 bits per heavy atom. The highest BCUT2D eigenvalue weighted by atomic mass is 16.6. The molecule has 0 aliphatic rings. The van der Waals surface area contributed by atoms with Gasteiger partial charge in [0.1, 0.15) is 5.75 Å². The number of hydrogen-bond acceptors (Lipinski definition) is 4.